The molecule has 4 aromatic rings. The van der Waals surface area contributed by atoms with Crippen LogP contribution in [0, 0.1) is 0 Å². The summed E-state index contributed by atoms with van der Waals surface area (Å²) in [4.78, 5) is 6.78. The molecule has 1 unspecified atom stereocenters. The van der Waals surface area contributed by atoms with E-state index in [-0.39, 0.29) is 12.2 Å². The Morgan fingerprint density at radius 1 is 0.833 bits per heavy atom. The van der Waals surface area contributed by atoms with Gasteiger partial charge in [-0.15, -0.1) is 0 Å². The van der Waals surface area contributed by atoms with Crippen molar-refractivity contribution in [3.8, 4) is 17.2 Å². The van der Waals surface area contributed by atoms with Gasteiger partial charge in [0.2, 0.25) is 6.79 Å². The third-order valence-electron chi connectivity index (χ3n) is 6.77. The Morgan fingerprint density at radius 2 is 1.61 bits per heavy atom. The number of hydrogen-bond acceptors (Lipinski definition) is 6. The number of aromatic nitrogens is 1. The van der Waals surface area contributed by atoms with Crippen LogP contribution in [-0.2, 0) is 5.41 Å². The molecule has 1 spiro atoms. The molecule has 0 saturated carbocycles. The van der Waals surface area contributed by atoms with Crippen LogP contribution in [-0.4, -0.2) is 38.0 Å². The van der Waals surface area contributed by atoms with Crippen molar-refractivity contribution >= 4 is 27.4 Å². The van der Waals surface area contributed by atoms with Crippen LogP contribution in [0.3, 0.4) is 0 Å². The number of para-hydroxylation sites is 1. The van der Waals surface area contributed by atoms with E-state index in [0.717, 1.165) is 47.2 Å². The molecule has 1 aromatic heterocycles. The second-order valence-electron chi connectivity index (χ2n) is 8.95. The average molecular weight is 544 g/mol. The normalized spacial score (nSPS) is 18.2. The summed E-state index contributed by atoms with van der Waals surface area (Å²) in [7, 11) is 0. The van der Waals surface area contributed by atoms with Gasteiger partial charge in [0.05, 0.1) is 5.41 Å². The Bertz CT molecular complexity index is 1350. The molecule has 36 heavy (non-hydrogen) atoms. The van der Waals surface area contributed by atoms with Gasteiger partial charge >= 0.3 is 0 Å². The summed E-state index contributed by atoms with van der Waals surface area (Å²) in [6.07, 6.45) is 1.81. The lowest BCUT2D eigenvalue weighted by Crippen LogP contribution is -2.37. The number of benzene rings is 3. The SMILES string of the molecule is Brc1ccccc1.c1ccc(NCCN2CC3(COc4cc5c(cc43)OCO5)c3ccccc32)nc1. The highest BCUT2D eigenvalue weighted by molar-refractivity contribution is 9.10. The van der Waals surface area contributed by atoms with Crippen LogP contribution in [0.15, 0.2) is 95.6 Å². The number of ether oxygens (including phenoxy) is 3. The maximum Gasteiger partial charge on any atom is 0.231 e. The molecule has 3 aromatic carbocycles. The smallest absolute Gasteiger partial charge is 0.231 e. The minimum Gasteiger partial charge on any atom is -0.492 e. The molecule has 0 amide bonds. The van der Waals surface area contributed by atoms with E-state index >= 15 is 0 Å². The molecule has 7 heteroatoms. The molecule has 0 aliphatic carbocycles. The highest BCUT2D eigenvalue weighted by atomic mass is 79.9. The van der Waals surface area contributed by atoms with Gasteiger partial charge in [0.25, 0.3) is 0 Å². The van der Waals surface area contributed by atoms with Crippen LogP contribution in [0.1, 0.15) is 11.1 Å². The zero-order valence-corrected chi connectivity index (χ0v) is 21.3. The lowest BCUT2D eigenvalue weighted by Gasteiger charge is -2.25. The molecule has 1 atom stereocenters. The third kappa shape index (κ3) is 4.24. The van der Waals surface area contributed by atoms with Crippen molar-refractivity contribution in [2.24, 2.45) is 0 Å². The highest BCUT2D eigenvalue weighted by Gasteiger charge is 2.50. The first-order valence-corrected chi connectivity index (χ1v) is 12.8. The highest BCUT2D eigenvalue weighted by Crippen LogP contribution is 2.54. The molecule has 3 aliphatic rings. The maximum absolute atomic E-state index is 6.15. The molecular formula is C29H26BrN3O3. The molecule has 3 aliphatic heterocycles. The number of anilines is 2. The molecule has 0 fully saturated rings. The molecule has 7 rings (SSSR count). The number of pyridine rings is 1. The van der Waals surface area contributed by atoms with Crippen LogP contribution in [0.2, 0.25) is 0 Å². The number of halogens is 1. The Labute approximate surface area is 219 Å². The van der Waals surface area contributed by atoms with Crippen LogP contribution in [0.5, 0.6) is 17.2 Å². The van der Waals surface area contributed by atoms with Crippen LogP contribution < -0.4 is 24.4 Å². The summed E-state index contributed by atoms with van der Waals surface area (Å²) in [5.41, 5.74) is 3.59. The molecule has 0 bridgehead atoms. The van der Waals surface area contributed by atoms with E-state index < -0.39 is 0 Å². The van der Waals surface area contributed by atoms with Gasteiger partial charge in [0.15, 0.2) is 11.5 Å². The van der Waals surface area contributed by atoms with Crippen molar-refractivity contribution in [2.75, 3.05) is 43.3 Å². The zero-order valence-electron chi connectivity index (χ0n) is 19.7. The van der Waals surface area contributed by atoms with E-state index in [1.165, 1.54) is 16.8 Å². The van der Waals surface area contributed by atoms with E-state index in [1.54, 1.807) is 6.20 Å². The van der Waals surface area contributed by atoms with E-state index in [0.29, 0.717) is 6.61 Å². The van der Waals surface area contributed by atoms with E-state index in [2.05, 4.69) is 61.5 Å². The van der Waals surface area contributed by atoms with Crippen molar-refractivity contribution in [2.45, 2.75) is 5.41 Å². The molecule has 0 saturated heterocycles. The number of hydrogen-bond donors (Lipinski definition) is 1. The Hall–Kier alpha value is -3.71. The lowest BCUT2D eigenvalue weighted by atomic mass is 9.77. The summed E-state index contributed by atoms with van der Waals surface area (Å²) in [5, 5.41) is 3.41. The van der Waals surface area contributed by atoms with E-state index in [9.17, 15) is 0 Å². The third-order valence-corrected chi connectivity index (χ3v) is 7.30. The number of nitrogens with one attached hydrogen (secondary N) is 1. The molecular weight excluding hydrogens is 518 g/mol. The minimum absolute atomic E-state index is 0.183. The lowest BCUT2D eigenvalue weighted by molar-refractivity contribution is 0.173. The topological polar surface area (TPSA) is 55.9 Å². The predicted octanol–water partition coefficient (Wildman–Crippen LogP) is 5.87. The van der Waals surface area contributed by atoms with Crippen molar-refractivity contribution in [3.63, 3.8) is 0 Å². The summed E-state index contributed by atoms with van der Waals surface area (Å²) in [5.74, 6) is 3.37. The molecule has 1 N–H and O–H groups in total. The van der Waals surface area contributed by atoms with Gasteiger partial charge < -0.3 is 24.4 Å². The van der Waals surface area contributed by atoms with Crippen LogP contribution >= 0.6 is 15.9 Å². The van der Waals surface area contributed by atoms with Crippen molar-refractivity contribution < 1.29 is 14.2 Å². The van der Waals surface area contributed by atoms with Gasteiger partial charge in [-0.3, -0.25) is 0 Å². The summed E-state index contributed by atoms with van der Waals surface area (Å²) in [6, 6.07) is 28.6. The van der Waals surface area contributed by atoms with Crippen LogP contribution in [0.4, 0.5) is 11.5 Å². The molecule has 182 valence electrons. The summed E-state index contributed by atoms with van der Waals surface area (Å²) < 4.78 is 18.5. The first-order chi connectivity index (χ1) is 17.7. The van der Waals surface area contributed by atoms with Crippen molar-refractivity contribution in [3.05, 3.63) is 107 Å². The predicted molar refractivity (Wildman–Crippen MR) is 144 cm³/mol. The Morgan fingerprint density at radius 3 is 2.39 bits per heavy atom. The van der Waals surface area contributed by atoms with Gasteiger partial charge in [-0.2, -0.15) is 0 Å². The van der Waals surface area contributed by atoms with Gasteiger partial charge in [-0.1, -0.05) is 58.4 Å². The second-order valence-corrected chi connectivity index (χ2v) is 9.86. The molecule has 4 heterocycles. The maximum atomic E-state index is 6.15. The fourth-order valence-corrected chi connectivity index (χ4v) is 5.40. The van der Waals surface area contributed by atoms with Crippen molar-refractivity contribution in [1.82, 2.24) is 4.98 Å². The zero-order chi connectivity index (χ0) is 24.4. The average Bonchev–Trinajstić information content (AvgIpc) is 3.61. The number of fused-ring (bicyclic) bond motifs is 5. The summed E-state index contributed by atoms with van der Waals surface area (Å²) >= 11 is 3.31. The molecule has 6 nitrogen and oxygen atoms in total. The Kier molecular flexibility index (Phi) is 6.15. The van der Waals surface area contributed by atoms with Gasteiger partial charge in [0, 0.05) is 47.6 Å². The largest absolute Gasteiger partial charge is 0.492 e. The van der Waals surface area contributed by atoms with E-state index in [4.69, 9.17) is 14.2 Å². The Balaban J connectivity index is 0.000000299. The number of rotatable bonds is 4. The monoisotopic (exact) mass is 543 g/mol. The number of nitrogens with zero attached hydrogens (tertiary/aromatic N) is 2. The molecule has 0 radical (unpaired) electrons. The fraction of sp³-hybridized carbons (Fsp3) is 0.207. The van der Waals surface area contributed by atoms with Crippen LogP contribution in [0.25, 0.3) is 0 Å². The standard InChI is InChI=1S/C23H21N3O3.C6H5Br/c1-2-6-18-16(5-1)23(13-26(18)10-9-25-22-7-3-4-8-24-22)14-27-19-12-21-20(11-17(19)23)28-15-29-21;7-6-4-2-1-3-5-6/h1-8,11-12H,9-10,13-15H2,(H,24,25);1-5H. The fourth-order valence-electron chi connectivity index (χ4n) is 5.10. The first-order valence-electron chi connectivity index (χ1n) is 12.0. The van der Waals surface area contributed by atoms with Crippen molar-refractivity contribution in [1.29, 1.82) is 0 Å². The van der Waals surface area contributed by atoms with Gasteiger partial charge in [-0.25, -0.2) is 4.98 Å². The van der Waals surface area contributed by atoms with Gasteiger partial charge in [0.1, 0.15) is 18.2 Å². The minimum atomic E-state index is -0.183. The quantitative estimate of drug-likeness (QED) is 0.347. The first kappa shape index (κ1) is 22.7. The summed E-state index contributed by atoms with van der Waals surface area (Å²) in [6.45, 7) is 3.48. The van der Waals surface area contributed by atoms with Gasteiger partial charge in [-0.05, 0) is 42.0 Å². The van der Waals surface area contributed by atoms with E-state index in [1.807, 2.05) is 54.6 Å². The second kappa shape index (κ2) is 9.74.